The van der Waals surface area contributed by atoms with Crippen molar-refractivity contribution >= 4 is 17.6 Å². The van der Waals surface area contributed by atoms with Crippen molar-refractivity contribution in [3.63, 3.8) is 0 Å². The van der Waals surface area contributed by atoms with E-state index in [0.717, 1.165) is 11.3 Å². The minimum atomic E-state index is -1.16. The molecule has 27 heavy (non-hydrogen) atoms. The van der Waals surface area contributed by atoms with E-state index < -0.39 is 36.3 Å². The lowest BCUT2D eigenvalue weighted by molar-refractivity contribution is -0.171. The molecule has 4 atom stereocenters. The number of cyclic esters (lactones) is 1. The summed E-state index contributed by atoms with van der Waals surface area (Å²) in [5.74, 6) is -1.11. The molecule has 2 N–H and O–H groups in total. The monoisotopic (exact) mass is 367 g/mol. The lowest BCUT2D eigenvalue weighted by Crippen LogP contribution is -2.48. The zero-order chi connectivity index (χ0) is 19.2. The van der Waals surface area contributed by atoms with Crippen LogP contribution < -0.4 is 5.32 Å². The van der Waals surface area contributed by atoms with E-state index in [9.17, 15) is 14.7 Å². The number of benzene rings is 2. The van der Waals surface area contributed by atoms with Gasteiger partial charge in [0.2, 0.25) is 0 Å². The van der Waals surface area contributed by atoms with Crippen LogP contribution in [0, 0.1) is 0 Å². The Kier molecular flexibility index (Phi) is 5.88. The summed E-state index contributed by atoms with van der Waals surface area (Å²) in [5.41, 5.74) is 1.60. The van der Waals surface area contributed by atoms with Crippen LogP contribution >= 0.6 is 0 Å². The number of anilines is 1. The Hall–Kier alpha value is -3.12. The van der Waals surface area contributed by atoms with Crippen LogP contribution in [-0.4, -0.2) is 35.4 Å². The minimum absolute atomic E-state index is 0.521. The molecule has 1 aliphatic rings. The Labute approximate surface area is 157 Å². The largest absolute Gasteiger partial charge is 0.454 e. The number of carbonyl (C=O) groups excluding carboxylic acids is 2. The summed E-state index contributed by atoms with van der Waals surface area (Å²) in [6, 6.07) is 18.1. The van der Waals surface area contributed by atoms with E-state index in [1.54, 1.807) is 0 Å². The third-order valence-corrected chi connectivity index (χ3v) is 4.23. The maximum absolute atomic E-state index is 11.7. The fourth-order valence-corrected chi connectivity index (χ4v) is 3.02. The average Bonchev–Trinajstić information content (AvgIpc) is 2.68. The number of aliphatic hydroxyl groups excluding tert-OH is 1. The molecule has 0 saturated carbocycles. The van der Waals surface area contributed by atoms with E-state index >= 15 is 0 Å². The number of aliphatic hydroxyl groups is 1. The highest BCUT2D eigenvalue weighted by molar-refractivity contribution is 5.83. The molecule has 6 nitrogen and oxygen atoms in total. The fourth-order valence-electron chi connectivity index (χ4n) is 3.02. The number of esters is 2. The Balaban J connectivity index is 1.91. The van der Waals surface area contributed by atoms with Gasteiger partial charge >= 0.3 is 11.9 Å². The predicted molar refractivity (Wildman–Crippen MR) is 99.8 cm³/mol. The van der Waals surface area contributed by atoms with E-state index in [1.165, 1.54) is 19.1 Å². The predicted octanol–water partition coefficient (Wildman–Crippen LogP) is 2.61. The second-order valence-electron chi connectivity index (χ2n) is 6.22. The Morgan fingerprint density at radius 1 is 1.11 bits per heavy atom. The zero-order valence-corrected chi connectivity index (χ0v) is 14.8. The molecule has 3 rings (SSSR count). The van der Waals surface area contributed by atoms with E-state index in [2.05, 4.69) is 5.32 Å². The smallest absolute Gasteiger partial charge is 0.331 e. The molecule has 1 aliphatic heterocycles. The van der Waals surface area contributed by atoms with Gasteiger partial charge in [-0.15, -0.1) is 0 Å². The summed E-state index contributed by atoms with van der Waals surface area (Å²) in [6.45, 7) is 1.27. The lowest BCUT2D eigenvalue weighted by Gasteiger charge is -2.35. The normalized spacial score (nSPS) is 21.0. The molecular weight excluding hydrogens is 346 g/mol. The first-order chi connectivity index (χ1) is 13.0. The summed E-state index contributed by atoms with van der Waals surface area (Å²) in [7, 11) is 0. The van der Waals surface area contributed by atoms with Crippen molar-refractivity contribution in [3.8, 4) is 0 Å². The minimum Gasteiger partial charge on any atom is -0.454 e. The van der Waals surface area contributed by atoms with Crippen LogP contribution in [0.4, 0.5) is 5.69 Å². The molecule has 0 aliphatic carbocycles. The summed E-state index contributed by atoms with van der Waals surface area (Å²) in [6.07, 6.45) is -0.428. The molecule has 2 aromatic rings. The summed E-state index contributed by atoms with van der Waals surface area (Å²) < 4.78 is 10.5. The lowest BCUT2D eigenvalue weighted by atomic mass is 9.93. The van der Waals surface area contributed by atoms with E-state index in [0.29, 0.717) is 0 Å². The van der Waals surface area contributed by atoms with Gasteiger partial charge in [-0.1, -0.05) is 48.5 Å². The number of hydrogen-bond donors (Lipinski definition) is 2. The Morgan fingerprint density at radius 2 is 1.74 bits per heavy atom. The van der Waals surface area contributed by atoms with Crippen LogP contribution in [0.5, 0.6) is 0 Å². The summed E-state index contributed by atoms with van der Waals surface area (Å²) >= 11 is 0. The van der Waals surface area contributed by atoms with Gasteiger partial charge in [0.25, 0.3) is 0 Å². The molecule has 0 saturated heterocycles. The Morgan fingerprint density at radius 3 is 2.37 bits per heavy atom. The molecule has 0 unspecified atom stereocenters. The molecule has 0 aromatic heterocycles. The van der Waals surface area contributed by atoms with Crippen LogP contribution in [0.15, 0.2) is 72.8 Å². The van der Waals surface area contributed by atoms with Gasteiger partial charge in [0.1, 0.15) is 6.10 Å². The van der Waals surface area contributed by atoms with Crippen LogP contribution in [0.1, 0.15) is 18.5 Å². The van der Waals surface area contributed by atoms with Crippen molar-refractivity contribution < 1.29 is 24.2 Å². The second-order valence-corrected chi connectivity index (χ2v) is 6.22. The third kappa shape index (κ3) is 4.74. The van der Waals surface area contributed by atoms with Crippen molar-refractivity contribution in [3.05, 3.63) is 78.4 Å². The maximum Gasteiger partial charge on any atom is 0.331 e. The highest BCUT2D eigenvalue weighted by atomic mass is 16.6. The quantitative estimate of drug-likeness (QED) is 0.764. The molecule has 0 spiro atoms. The van der Waals surface area contributed by atoms with Crippen LogP contribution in [0.2, 0.25) is 0 Å². The first-order valence-electron chi connectivity index (χ1n) is 8.65. The highest BCUT2D eigenvalue weighted by Gasteiger charge is 2.39. The number of para-hydroxylation sites is 1. The molecule has 0 fully saturated rings. The van der Waals surface area contributed by atoms with Crippen LogP contribution in [0.3, 0.4) is 0 Å². The molecular formula is C21H21NO5. The van der Waals surface area contributed by atoms with E-state index in [4.69, 9.17) is 9.47 Å². The summed E-state index contributed by atoms with van der Waals surface area (Å²) in [5, 5.41) is 14.4. The van der Waals surface area contributed by atoms with Gasteiger partial charge in [-0.2, -0.15) is 0 Å². The average molecular weight is 367 g/mol. The number of ether oxygens (including phenoxy) is 2. The molecule has 6 heteroatoms. The van der Waals surface area contributed by atoms with Gasteiger partial charge in [0, 0.05) is 18.7 Å². The van der Waals surface area contributed by atoms with Gasteiger partial charge in [-0.05, 0) is 23.8 Å². The van der Waals surface area contributed by atoms with E-state index in [1.807, 2.05) is 60.7 Å². The van der Waals surface area contributed by atoms with Gasteiger partial charge in [-0.3, -0.25) is 4.79 Å². The molecule has 0 bridgehead atoms. The fraction of sp³-hybridized carbons (Fsp3) is 0.238. The maximum atomic E-state index is 11.7. The van der Waals surface area contributed by atoms with Gasteiger partial charge in [-0.25, -0.2) is 4.79 Å². The topological polar surface area (TPSA) is 84.9 Å². The number of hydrogen-bond acceptors (Lipinski definition) is 6. The van der Waals surface area contributed by atoms with Crippen LogP contribution in [-0.2, 0) is 19.1 Å². The molecule has 1 heterocycles. The SMILES string of the molecule is CC(=O)O[C@H]1C=CC(=O)O[C@@H]1[C@@H](O)[C@@H](Nc1ccccc1)c1ccccc1. The molecule has 0 amide bonds. The van der Waals surface area contributed by atoms with Crippen molar-refractivity contribution in [2.24, 2.45) is 0 Å². The molecule has 0 radical (unpaired) electrons. The molecule has 140 valence electrons. The Bertz CT molecular complexity index is 806. The second kappa shape index (κ2) is 8.51. The number of carbonyl (C=O) groups is 2. The van der Waals surface area contributed by atoms with Crippen molar-refractivity contribution in [2.75, 3.05) is 5.32 Å². The zero-order valence-electron chi connectivity index (χ0n) is 14.8. The standard InChI is InChI=1S/C21H21NO5/c1-14(23)26-17-12-13-18(24)27-21(17)20(25)19(15-8-4-2-5-9-15)22-16-10-6-3-7-11-16/h2-13,17,19-22,25H,1H3/t17-,19-,20-,21-/m0/s1. The highest BCUT2D eigenvalue weighted by Crippen LogP contribution is 2.29. The number of nitrogens with one attached hydrogen (secondary N) is 1. The summed E-state index contributed by atoms with van der Waals surface area (Å²) in [4.78, 5) is 23.1. The van der Waals surface area contributed by atoms with Gasteiger partial charge < -0.3 is 19.9 Å². The van der Waals surface area contributed by atoms with E-state index in [-0.39, 0.29) is 0 Å². The first kappa shape index (κ1) is 18.7. The van der Waals surface area contributed by atoms with Crippen molar-refractivity contribution in [2.45, 2.75) is 31.3 Å². The molecule has 2 aromatic carbocycles. The van der Waals surface area contributed by atoms with Crippen molar-refractivity contribution in [1.29, 1.82) is 0 Å². The van der Waals surface area contributed by atoms with Gasteiger partial charge in [0.05, 0.1) is 6.04 Å². The van der Waals surface area contributed by atoms with Crippen molar-refractivity contribution in [1.82, 2.24) is 0 Å². The van der Waals surface area contributed by atoms with Crippen LogP contribution in [0.25, 0.3) is 0 Å². The first-order valence-corrected chi connectivity index (χ1v) is 8.65. The third-order valence-electron chi connectivity index (χ3n) is 4.23. The van der Waals surface area contributed by atoms with Gasteiger partial charge in [0.15, 0.2) is 12.2 Å². The number of rotatable bonds is 6.